The molecule has 2 aliphatic rings. The number of carbonyl (C=O) groups excluding carboxylic acids is 2. The van der Waals surface area contributed by atoms with Crippen molar-refractivity contribution in [3.63, 3.8) is 0 Å². The smallest absolute Gasteiger partial charge is 0.306 e. The van der Waals surface area contributed by atoms with Crippen LogP contribution in [0.5, 0.6) is 0 Å². The van der Waals surface area contributed by atoms with Crippen LogP contribution in [-0.2, 0) is 38.0 Å². The summed E-state index contributed by atoms with van der Waals surface area (Å²) in [6.45, 7) is 2.61. The van der Waals surface area contributed by atoms with E-state index in [0.29, 0.717) is 12.8 Å². The number of hydrogen-bond donors (Lipinski definition) is 7. The van der Waals surface area contributed by atoms with Gasteiger partial charge in [0.2, 0.25) is 0 Å². The highest BCUT2D eigenvalue weighted by Gasteiger charge is 2.47. The highest BCUT2D eigenvalue weighted by Crippen LogP contribution is 2.26. The monoisotopic (exact) mass is 907 g/mol. The maximum Gasteiger partial charge on any atom is 0.306 e. The van der Waals surface area contributed by atoms with Gasteiger partial charge in [0.1, 0.15) is 55.4 Å². The van der Waals surface area contributed by atoms with Crippen LogP contribution >= 0.6 is 0 Å². The minimum atomic E-state index is -1.76. The van der Waals surface area contributed by atoms with Crippen LogP contribution in [0.3, 0.4) is 0 Å². The molecule has 2 saturated heterocycles. The Kier molecular flexibility index (Phi) is 33.5. The van der Waals surface area contributed by atoms with Crippen LogP contribution in [0.15, 0.2) is 0 Å². The molecule has 0 aromatic rings. The summed E-state index contributed by atoms with van der Waals surface area (Å²) in [5.74, 6) is -0.912. The Hall–Kier alpha value is -1.50. The van der Waals surface area contributed by atoms with Crippen molar-refractivity contribution in [2.24, 2.45) is 0 Å². The Morgan fingerprint density at radius 2 is 0.810 bits per heavy atom. The summed E-state index contributed by atoms with van der Waals surface area (Å²) in [6, 6.07) is 0. The van der Waals surface area contributed by atoms with Gasteiger partial charge in [-0.05, 0) is 12.8 Å². The molecule has 0 bridgehead atoms. The second-order valence-electron chi connectivity index (χ2n) is 18.0. The summed E-state index contributed by atoms with van der Waals surface area (Å²) in [7, 11) is 0. The lowest BCUT2D eigenvalue weighted by molar-refractivity contribution is -0.332. The first-order valence-corrected chi connectivity index (χ1v) is 25.1. The van der Waals surface area contributed by atoms with Gasteiger partial charge in [-0.3, -0.25) is 9.59 Å². The molecule has 7 N–H and O–H groups in total. The van der Waals surface area contributed by atoms with E-state index in [1.165, 1.54) is 122 Å². The van der Waals surface area contributed by atoms with Gasteiger partial charge in [0.25, 0.3) is 0 Å². The molecule has 372 valence electrons. The number of unbranched alkanes of at least 4 members (excludes halogenated alkanes) is 25. The Morgan fingerprint density at radius 3 is 1.24 bits per heavy atom. The van der Waals surface area contributed by atoms with Gasteiger partial charge in [0.15, 0.2) is 18.7 Å². The van der Waals surface area contributed by atoms with E-state index < -0.39 is 92.7 Å². The SMILES string of the molecule is CCCCCCCCCCCCCCCCC(=O)OC(COC(=O)CCCCCCCCCCCCCCC)COC1OC(COC2OC(CO)C(O)C(O)C2O)C(O)C(O)C1O. The van der Waals surface area contributed by atoms with Gasteiger partial charge in [-0.25, -0.2) is 0 Å². The molecule has 15 nitrogen and oxygen atoms in total. The van der Waals surface area contributed by atoms with Crippen LogP contribution in [0.25, 0.3) is 0 Å². The average Bonchev–Trinajstić information content (AvgIpc) is 3.28. The first-order valence-electron chi connectivity index (χ1n) is 25.1. The number of ether oxygens (including phenoxy) is 6. The third kappa shape index (κ3) is 25.3. The predicted molar refractivity (Wildman–Crippen MR) is 238 cm³/mol. The van der Waals surface area contributed by atoms with E-state index in [1.807, 2.05) is 0 Å². The van der Waals surface area contributed by atoms with E-state index in [9.17, 15) is 45.3 Å². The molecular weight excluding hydrogens is 817 g/mol. The summed E-state index contributed by atoms with van der Waals surface area (Å²) >= 11 is 0. The molecule has 0 saturated carbocycles. The molecule has 11 atom stereocenters. The molecule has 0 amide bonds. The zero-order valence-electron chi connectivity index (χ0n) is 39.1. The fraction of sp³-hybridized carbons (Fsp3) is 0.958. The van der Waals surface area contributed by atoms with E-state index >= 15 is 0 Å². The molecule has 2 rings (SSSR count). The summed E-state index contributed by atoms with van der Waals surface area (Å²) in [5, 5.41) is 72.0. The number of aliphatic hydroxyl groups excluding tert-OH is 7. The van der Waals surface area contributed by atoms with Gasteiger partial charge < -0.3 is 64.2 Å². The number of carbonyl (C=O) groups is 2. The molecule has 0 aromatic heterocycles. The van der Waals surface area contributed by atoms with Gasteiger partial charge in [-0.2, -0.15) is 0 Å². The molecule has 63 heavy (non-hydrogen) atoms. The highest BCUT2D eigenvalue weighted by atomic mass is 16.7. The van der Waals surface area contributed by atoms with Gasteiger partial charge >= 0.3 is 11.9 Å². The second kappa shape index (κ2) is 36.6. The second-order valence-corrected chi connectivity index (χ2v) is 18.0. The lowest BCUT2D eigenvalue weighted by Gasteiger charge is -2.42. The van der Waals surface area contributed by atoms with Gasteiger partial charge in [-0.15, -0.1) is 0 Å². The van der Waals surface area contributed by atoms with Gasteiger partial charge in [0.05, 0.1) is 19.8 Å². The average molecular weight is 907 g/mol. The van der Waals surface area contributed by atoms with Crippen molar-refractivity contribution in [2.45, 2.75) is 268 Å². The Bertz CT molecular complexity index is 1110. The Labute approximate surface area is 378 Å². The number of aliphatic hydroxyl groups is 7. The van der Waals surface area contributed by atoms with Gasteiger partial charge in [0, 0.05) is 12.8 Å². The zero-order chi connectivity index (χ0) is 46.1. The van der Waals surface area contributed by atoms with E-state index in [0.717, 1.165) is 38.5 Å². The molecule has 15 heteroatoms. The zero-order valence-corrected chi connectivity index (χ0v) is 39.1. The summed E-state index contributed by atoms with van der Waals surface area (Å²) in [5.41, 5.74) is 0. The lowest BCUT2D eigenvalue weighted by atomic mass is 9.98. The molecule has 2 heterocycles. The molecule has 11 unspecified atom stereocenters. The van der Waals surface area contributed by atoms with E-state index in [-0.39, 0.29) is 26.1 Å². The van der Waals surface area contributed by atoms with Crippen LogP contribution < -0.4 is 0 Å². The first-order chi connectivity index (χ1) is 30.5. The molecule has 0 radical (unpaired) electrons. The predicted octanol–water partition coefficient (Wildman–Crippen LogP) is 6.43. The highest BCUT2D eigenvalue weighted by molar-refractivity contribution is 5.70. The molecule has 0 spiro atoms. The largest absolute Gasteiger partial charge is 0.462 e. The number of hydrogen-bond acceptors (Lipinski definition) is 15. The molecule has 0 aliphatic carbocycles. The third-order valence-corrected chi connectivity index (χ3v) is 12.3. The first kappa shape index (κ1) is 57.6. The van der Waals surface area contributed by atoms with E-state index in [4.69, 9.17) is 28.4 Å². The molecule has 0 aromatic carbocycles. The fourth-order valence-electron chi connectivity index (χ4n) is 8.16. The number of rotatable bonds is 39. The maximum absolute atomic E-state index is 13.0. The van der Waals surface area contributed by atoms with Crippen molar-refractivity contribution < 1.29 is 73.8 Å². The normalized spacial score (nSPS) is 26.7. The van der Waals surface area contributed by atoms with Crippen molar-refractivity contribution in [2.75, 3.05) is 26.4 Å². The summed E-state index contributed by atoms with van der Waals surface area (Å²) in [4.78, 5) is 25.7. The van der Waals surface area contributed by atoms with Crippen molar-refractivity contribution >= 4 is 11.9 Å². The van der Waals surface area contributed by atoms with Crippen molar-refractivity contribution in [3.05, 3.63) is 0 Å². The van der Waals surface area contributed by atoms with Crippen molar-refractivity contribution in [1.82, 2.24) is 0 Å². The maximum atomic E-state index is 13.0. The fourth-order valence-corrected chi connectivity index (χ4v) is 8.16. The summed E-state index contributed by atoms with van der Waals surface area (Å²) < 4.78 is 33.5. The van der Waals surface area contributed by atoms with E-state index in [1.54, 1.807) is 0 Å². The Morgan fingerprint density at radius 1 is 0.444 bits per heavy atom. The van der Waals surface area contributed by atoms with Crippen LogP contribution in [0, 0.1) is 0 Å². The lowest BCUT2D eigenvalue weighted by Crippen LogP contribution is -2.61. The standard InChI is InChI=1S/C48H90O15/c1-3-5-7-9-11-13-15-17-19-21-23-25-27-29-31-40(51)61-36(33-58-39(50)30-28-26-24-22-20-18-16-14-12-10-8-6-4-2)34-59-47-46(57)44(55)42(53)38(63-47)35-60-48-45(56)43(54)41(52)37(32-49)62-48/h36-38,41-49,52-57H,3-35H2,1-2H3. The van der Waals surface area contributed by atoms with Crippen LogP contribution in [0.2, 0.25) is 0 Å². The van der Waals surface area contributed by atoms with Crippen molar-refractivity contribution in [3.8, 4) is 0 Å². The topological polar surface area (TPSA) is 231 Å². The van der Waals surface area contributed by atoms with Crippen LogP contribution in [0.1, 0.15) is 200 Å². The molecule has 2 fully saturated rings. The van der Waals surface area contributed by atoms with Crippen LogP contribution in [0.4, 0.5) is 0 Å². The van der Waals surface area contributed by atoms with E-state index in [2.05, 4.69) is 13.8 Å². The quantitative estimate of drug-likeness (QED) is 0.0260. The van der Waals surface area contributed by atoms with Crippen molar-refractivity contribution in [1.29, 1.82) is 0 Å². The minimum absolute atomic E-state index is 0.173. The Balaban J connectivity index is 1.82. The molecule has 2 aliphatic heterocycles. The van der Waals surface area contributed by atoms with Gasteiger partial charge in [-0.1, -0.05) is 174 Å². The minimum Gasteiger partial charge on any atom is -0.462 e. The summed E-state index contributed by atoms with van der Waals surface area (Å²) in [6.07, 6.45) is 15.6. The van der Waals surface area contributed by atoms with Crippen LogP contribution in [-0.4, -0.2) is 142 Å². The third-order valence-electron chi connectivity index (χ3n) is 12.3. The molecular formula is C48H90O15. The number of esters is 2.